The van der Waals surface area contributed by atoms with Gasteiger partial charge in [0.2, 0.25) is 11.8 Å². The molecule has 4 N–H and O–H groups in total. The van der Waals surface area contributed by atoms with E-state index in [0.717, 1.165) is 19.0 Å². The first-order valence-corrected chi connectivity index (χ1v) is 11.3. The number of nitrogens with one attached hydrogen (secondary N) is 2. The van der Waals surface area contributed by atoms with E-state index >= 15 is 0 Å². The quantitative estimate of drug-likeness (QED) is 0.643. The van der Waals surface area contributed by atoms with Crippen LogP contribution in [0.5, 0.6) is 0 Å². The number of fused-ring (bicyclic) bond motifs is 3. The minimum atomic E-state index is -0.616. The summed E-state index contributed by atoms with van der Waals surface area (Å²) in [4.78, 5) is 37.2. The lowest BCUT2D eigenvalue weighted by Gasteiger charge is -2.34. The van der Waals surface area contributed by atoms with Crippen molar-refractivity contribution in [3.63, 3.8) is 0 Å². The van der Waals surface area contributed by atoms with Gasteiger partial charge in [0.1, 0.15) is 0 Å². The zero-order chi connectivity index (χ0) is 22.1. The van der Waals surface area contributed by atoms with E-state index in [4.69, 9.17) is 5.73 Å². The summed E-state index contributed by atoms with van der Waals surface area (Å²) in [5.41, 5.74) is 6.84. The van der Waals surface area contributed by atoms with E-state index in [2.05, 4.69) is 25.6 Å². The highest BCUT2D eigenvalue weighted by molar-refractivity contribution is 8.00. The number of carbonyl (C=O) groups is 2. The molecule has 2 amide bonds. The van der Waals surface area contributed by atoms with Crippen LogP contribution in [0.1, 0.15) is 26.7 Å². The van der Waals surface area contributed by atoms with E-state index in [1.54, 1.807) is 36.9 Å². The highest BCUT2D eigenvalue weighted by atomic mass is 32.2. The number of anilines is 1. The third-order valence-electron chi connectivity index (χ3n) is 6.00. The van der Waals surface area contributed by atoms with Crippen molar-refractivity contribution in [3.05, 3.63) is 35.9 Å². The molecule has 8 nitrogen and oxygen atoms in total. The Kier molecular flexibility index (Phi) is 6.08. The molecule has 5 unspecified atom stereocenters. The molecular formula is C21H25FN6O2S. The van der Waals surface area contributed by atoms with Gasteiger partial charge < -0.3 is 16.4 Å². The maximum absolute atomic E-state index is 14.6. The van der Waals surface area contributed by atoms with E-state index < -0.39 is 17.6 Å². The number of carbonyl (C=O) groups excluding carboxylic acids is 2. The summed E-state index contributed by atoms with van der Waals surface area (Å²) in [6.45, 7) is 3.62. The van der Waals surface area contributed by atoms with E-state index in [1.165, 1.54) is 0 Å². The summed E-state index contributed by atoms with van der Waals surface area (Å²) in [7, 11) is 0. The fraction of sp³-hybridized carbons (Fsp3) is 0.476. The fourth-order valence-corrected chi connectivity index (χ4v) is 6.22. The molecule has 2 saturated carbocycles. The van der Waals surface area contributed by atoms with Crippen LogP contribution < -0.4 is 16.4 Å². The molecule has 1 aromatic heterocycles. The van der Waals surface area contributed by atoms with E-state index in [9.17, 15) is 14.0 Å². The monoisotopic (exact) mass is 444 g/mol. The number of amides is 2. The van der Waals surface area contributed by atoms with Crippen LogP contribution in [0.4, 0.5) is 16.2 Å². The number of nitrogens with two attached hydrogens (primary N) is 1. The Morgan fingerprint density at radius 3 is 2.94 bits per heavy atom. The van der Waals surface area contributed by atoms with Crippen LogP contribution in [-0.2, 0) is 9.59 Å². The number of allylic oxidation sites excluding steroid dienone is 4. The molecular weight excluding hydrogens is 419 g/mol. The molecule has 1 aliphatic heterocycles. The minimum Gasteiger partial charge on any atom is -0.369 e. The molecule has 0 radical (unpaired) electrons. The van der Waals surface area contributed by atoms with Crippen molar-refractivity contribution in [2.75, 3.05) is 11.1 Å². The van der Waals surface area contributed by atoms with Crippen LogP contribution >= 0.6 is 11.8 Å². The van der Waals surface area contributed by atoms with Crippen molar-refractivity contribution in [1.82, 2.24) is 15.3 Å². The first-order valence-electron chi connectivity index (χ1n) is 10.2. The molecule has 3 aliphatic rings. The SMILES string of the molecule is C/C=C/C1=Nc2ncc(F)c(n2)NC2C3CC(CC3SCC(=O)NC(C)=C1)C2C(N)=O. The Morgan fingerprint density at radius 2 is 2.19 bits per heavy atom. The van der Waals surface area contributed by atoms with Gasteiger partial charge in [-0.2, -0.15) is 4.98 Å². The molecule has 2 heterocycles. The number of primary amides is 1. The smallest absolute Gasteiger partial charge is 0.252 e. The van der Waals surface area contributed by atoms with Crippen molar-refractivity contribution in [1.29, 1.82) is 0 Å². The lowest BCUT2D eigenvalue weighted by molar-refractivity contribution is -0.123. The minimum absolute atomic E-state index is 0.00547. The highest BCUT2D eigenvalue weighted by Crippen LogP contribution is 2.53. The average Bonchev–Trinajstić information content (AvgIpc) is 3.26. The van der Waals surface area contributed by atoms with Crippen LogP contribution in [0.15, 0.2) is 35.1 Å². The number of rotatable bonds is 2. The van der Waals surface area contributed by atoms with Gasteiger partial charge in [-0.15, -0.1) is 11.8 Å². The predicted octanol–water partition coefficient (Wildman–Crippen LogP) is 2.32. The van der Waals surface area contributed by atoms with Gasteiger partial charge in [0.05, 0.1) is 23.6 Å². The Hall–Kier alpha value is -2.75. The maximum atomic E-state index is 14.6. The normalized spacial score (nSPS) is 30.7. The summed E-state index contributed by atoms with van der Waals surface area (Å²) < 4.78 is 14.6. The highest BCUT2D eigenvalue weighted by Gasteiger charge is 2.55. The van der Waals surface area contributed by atoms with Crippen molar-refractivity contribution in [2.24, 2.45) is 28.5 Å². The molecule has 164 valence electrons. The molecule has 1 aromatic rings. The van der Waals surface area contributed by atoms with Crippen LogP contribution in [0, 0.1) is 23.6 Å². The number of hydrogen-bond donors (Lipinski definition) is 3. The van der Waals surface area contributed by atoms with Gasteiger partial charge in [-0.25, -0.2) is 14.4 Å². The summed E-state index contributed by atoms with van der Waals surface area (Å²) in [6.07, 6.45) is 7.94. The summed E-state index contributed by atoms with van der Waals surface area (Å²) in [5.74, 6) is -0.946. The standard InChI is InChI=1S/C21H25FN6O2S/c1-3-4-12-5-10(2)25-16(29)9-31-15-7-11-6-13(15)18(17(11)19(23)30)27-20-14(22)8-24-21(26-12)28-20/h3-5,8,11,13,15,17-18H,6-7,9H2,1-2H3,(H2,23,30)(H,25,29)(H,24,27,28)/b4-3+,10-5?,26-12?. The molecule has 10 heteroatoms. The van der Waals surface area contributed by atoms with E-state index in [1.807, 2.05) is 6.92 Å². The van der Waals surface area contributed by atoms with Crippen molar-refractivity contribution in [2.45, 2.75) is 38.0 Å². The first kappa shape index (κ1) is 21.5. The van der Waals surface area contributed by atoms with Gasteiger partial charge in [0.15, 0.2) is 11.6 Å². The third-order valence-corrected chi connectivity index (χ3v) is 7.40. The van der Waals surface area contributed by atoms with Crippen molar-refractivity contribution >= 4 is 41.1 Å². The lowest BCUT2D eigenvalue weighted by Crippen LogP contribution is -2.46. The predicted molar refractivity (Wildman–Crippen MR) is 118 cm³/mol. The van der Waals surface area contributed by atoms with Crippen LogP contribution in [0.3, 0.4) is 0 Å². The van der Waals surface area contributed by atoms with Crippen LogP contribution in [0.25, 0.3) is 0 Å². The maximum Gasteiger partial charge on any atom is 0.252 e. The largest absolute Gasteiger partial charge is 0.369 e. The summed E-state index contributed by atoms with van der Waals surface area (Å²) in [5, 5.41) is 6.19. The molecule has 0 aromatic carbocycles. The Morgan fingerprint density at radius 1 is 1.39 bits per heavy atom. The molecule has 31 heavy (non-hydrogen) atoms. The van der Waals surface area contributed by atoms with Gasteiger partial charge in [0, 0.05) is 17.0 Å². The van der Waals surface area contributed by atoms with E-state index in [-0.39, 0.29) is 40.8 Å². The molecule has 0 spiro atoms. The number of halogens is 1. The lowest BCUT2D eigenvalue weighted by atomic mass is 9.83. The number of aliphatic imine (C=N–C) groups is 1. The summed E-state index contributed by atoms with van der Waals surface area (Å²) in [6, 6.07) is -0.349. The van der Waals surface area contributed by atoms with Crippen LogP contribution in [0.2, 0.25) is 0 Å². The molecule has 4 bridgehead atoms. The topological polar surface area (TPSA) is 122 Å². The molecule has 0 saturated heterocycles. The number of thioether (sulfide) groups is 1. The molecule has 2 aliphatic carbocycles. The molecule has 5 atom stereocenters. The van der Waals surface area contributed by atoms with Gasteiger partial charge >= 0.3 is 0 Å². The van der Waals surface area contributed by atoms with Gasteiger partial charge in [0.25, 0.3) is 5.95 Å². The van der Waals surface area contributed by atoms with Crippen molar-refractivity contribution < 1.29 is 14.0 Å². The Labute approximate surface area is 184 Å². The molecule has 2 fully saturated rings. The van der Waals surface area contributed by atoms with Gasteiger partial charge in [-0.1, -0.05) is 6.08 Å². The fourth-order valence-electron chi connectivity index (χ4n) is 4.87. The second-order valence-electron chi connectivity index (χ2n) is 8.12. The average molecular weight is 445 g/mol. The second kappa shape index (κ2) is 8.78. The zero-order valence-electron chi connectivity index (χ0n) is 17.3. The second-order valence-corrected chi connectivity index (χ2v) is 9.35. The number of aromatic nitrogens is 2. The van der Waals surface area contributed by atoms with Crippen molar-refractivity contribution in [3.8, 4) is 0 Å². The van der Waals surface area contributed by atoms with Gasteiger partial charge in [-0.05, 0) is 50.7 Å². The Balaban J connectivity index is 1.76. The summed E-state index contributed by atoms with van der Waals surface area (Å²) >= 11 is 1.57. The van der Waals surface area contributed by atoms with E-state index in [0.29, 0.717) is 17.2 Å². The van der Waals surface area contributed by atoms with Crippen LogP contribution in [-0.4, -0.2) is 44.5 Å². The first-order chi connectivity index (χ1) is 14.9. The third kappa shape index (κ3) is 4.48. The number of hydrogen-bond acceptors (Lipinski definition) is 7. The Bertz CT molecular complexity index is 994. The zero-order valence-corrected chi connectivity index (χ0v) is 18.2. The van der Waals surface area contributed by atoms with Gasteiger partial charge in [-0.3, -0.25) is 9.59 Å². The number of nitrogens with zero attached hydrogens (tertiary/aromatic N) is 3. The molecule has 4 rings (SSSR count).